The van der Waals surface area contributed by atoms with Crippen LogP contribution >= 0.6 is 11.8 Å². The van der Waals surface area contributed by atoms with Gasteiger partial charge in [-0.2, -0.15) is 0 Å². The van der Waals surface area contributed by atoms with Crippen molar-refractivity contribution in [3.63, 3.8) is 0 Å². The molecule has 70 valence electrons. The van der Waals surface area contributed by atoms with Crippen LogP contribution in [0.25, 0.3) is 0 Å². The minimum absolute atomic E-state index is 0.117. The van der Waals surface area contributed by atoms with Crippen molar-refractivity contribution in [1.82, 2.24) is 0 Å². The molecule has 0 unspecified atom stereocenters. The van der Waals surface area contributed by atoms with Crippen LogP contribution in [0.2, 0.25) is 0 Å². The predicted molar refractivity (Wildman–Crippen MR) is 56.5 cm³/mol. The molecule has 1 aliphatic rings. The fourth-order valence-electron chi connectivity index (χ4n) is 1.40. The average Bonchev–Trinajstić information content (AvgIpc) is 2.01. The van der Waals surface area contributed by atoms with E-state index in [0.29, 0.717) is 5.75 Å². The largest absolute Gasteiger partial charge is 0.508 e. The molecule has 0 atom stereocenters. The molecule has 2 nitrogen and oxygen atoms in total. The highest BCUT2D eigenvalue weighted by Gasteiger charge is 2.24. The molecule has 0 radical (unpaired) electrons. The molecule has 0 saturated heterocycles. The normalized spacial score (nSPS) is 18.9. The number of benzene rings is 1. The number of hydrogen-bond donors (Lipinski definition) is 2. The number of aromatic hydroxyl groups is 1. The van der Waals surface area contributed by atoms with Gasteiger partial charge in [-0.05, 0) is 26.0 Å². The van der Waals surface area contributed by atoms with Gasteiger partial charge in [-0.15, -0.1) is 11.8 Å². The van der Waals surface area contributed by atoms with Crippen molar-refractivity contribution in [2.75, 3.05) is 11.1 Å². The molecule has 1 aromatic rings. The quantitative estimate of drug-likeness (QED) is 0.667. The van der Waals surface area contributed by atoms with Crippen LogP contribution in [-0.4, -0.2) is 16.4 Å². The van der Waals surface area contributed by atoms with Gasteiger partial charge in [-0.3, -0.25) is 0 Å². The Bertz CT molecular complexity index is 336. The molecule has 2 rings (SSSR count). The van der Waals surface area contributed by atoms with Gasteiger partial charge in [0.2, 0.25) is 0 Å². The Labute approximate surface area is 82.4 Å². The number of rotatable bonds is 0. The van der Waals surface area contributed by atoms with Gasteiger partial charge in [-0.1, -0.05) is 0 Å². The Hall–Kier alpha value is -0.830. The maximum absolute atomic E-state index is 9.31. The molecule has 1 heterocycles. The first-order valence-corrected chi connectivity index (χ1v) is 5.29. The zero-order chi connectivity index (χ0) is 9.47. The molecule has 2 N–H and O–H groups in total. The summed E-state index contributed by atoms with van der Waals surface area (Å²) in [6.07, 6.45) is 0. The Morgan fingerprint density at radius 3 is 3.00 bits per heavy atom. The Kier molecular flexibility index (Phi) is 1.91. The highest BCUT2D eigenvalue weighted by Crippen LogP contribution is 2.38. The second kappa shape index (κ2) is 2.84. The third kappa shape index (κ3) is 1.75. The van der Waals surface area contributed by atoms with Gasteiger partial charge >= 0.3 is 0 Å². The summed E-state index contributed by atoms with van der Waals surface area (Å²) in [6.45, 7) is 4.32. The van der Waals surface area contributed by atoms with Gasteiger partial charge in [0.25, 0.3) is 0 Å². The van der Waals surface area contributed by atoms with E-state index >= 15 is 0 Å². The van der Waals surface area contributed by atoms with Gasteiger partial charge in [0, 0.05) is 22.3 Å². The summed E-state index contributed by atoms with van der Waals surface area (Å²) < 4.78 is 0. The molecule has 0 fully saturated rings. The van der Waals surface area contributed by atoms with Gasteiger partial charge in [0.15, 0.2) is 0 Å². The number of hydrogen-bond acceptors (Lipinski definition) is 3. The van der Waals surface area contributed by atoms with Crippen molar-refractivity contribution >= 4 is 17.4 Å². The summed E-state index contributed by atoms with van der Waals surface area (Å²) in [5, 5.41) is 12.7. The Balaban J connectivity index is 2.38. The van der Waals surface area contributed by atoms with Crippen LogP contribution in [0.15, 0.2) is 23.1 Å². The van der Waals surface area contributed by atoms with E-state index < -0.39 is 0 Å². The molecule has 1 aliphatic heterocycles. The van der Waals surface area contributed by atoms with Crippen LogP contribution < -0.4 is 5.32 Å². The van der Waals surface area contributed by atoms with E-state index in [1.54, 1.807) is 12.1 Å². The van der Waals surface area contributed by atoms with Crippen LogP contribution in [0.4, 0.5) is 5.69 Å². The van der Waals surface area contributed by atoms with E-state index in [9.17, 15) is 5.11 Å². The van der Waals surface area contributed by atoms with E-state index in [-0.39, 0.29) is 5.54 Å². The zero-order valence-electron chi connectivity index (χ0n) is 7.79. The molecule has 0 bridgehead atoms. The number of phenolic OH excluding ortho intramolecular Hbond substituents is 1. The summed E-state index contributed by atoms with van der Waals surface area (Å²) in [5.41, 5.74) is 1.16. The minimum Gasteiger partial charge on any atom is -0.508 e. The van der Waals surface area contributed by atoms with Crippen molar-refractivity contribution < 1.29 is 5.11 Å². The first kappa shape index (κ1) is 8.75. The first-order valence-electron chi connectivity index (χ1n) is 4.31. The minimum atomic E-state index is 0.117. The summed E-state index contributed by atoms with van der Waals surface area (Å²) in [6, 6.07) is 5.46. The van der Waals surface area contributed by atoms with Crippen molar-refractivity contribution in [3.05, 3.63) is 18.2 Å². The van der Waals surface area contributed by atoms with Crippen LogP contribution in [-0.2, 0) is 0 Å². The summed E-state index contributed by atoms with van der Waals surface area (Å²) >= 11 is 1.83. The van der Waals surface area contributed by atoms with E-state index in [2.05, 4.69) is 19.2 Å². The summed E-state index contributed by atoms with van der Waals surface area (Å²) in [7, 11) is 0. The van der Waals surface area contributed by atoms with Gasteiger partial charge in [0.05, 0.1) is 5.69 Å². The number of fused-ring (bicyclic) bond motifs is 1. The lowest BCUT2D eigenvalue weighted by molar-refractivity contribution is 0.474. The fourth-order valence-corrected chi connectivity index (χ4v) is 2.42. The summed E-state index contributed by atoms with van der Waals surface area (Å²) in [5.74, 6) is 1.38. The fraction of sp³-hybridized carbons (Fsp3) is 0.400. The zero-order valence-corrected chi connectivity index (χ0v) is 8.61. The van der Waals surface area contributed by atoms with E-state index in [4.69, 9.17) is 0 Å². The highest BCUT2D eigenvalue weighted by atomic mass is 32.2. The monoisotopic (exact) mass is 195 g/mol. The van der Waals surface area contributed by atoms with Gasteiger partial charge in [-0.25, -0.2) is 0 Å². The standard InChI is InChI=1S/C10H13NOS/c1-10(2)6-13-9-4-3-7(12)5-8(9)11-10/h3-5,11-12H,6H2,1-2H3. The molecule has 1 aromatic carbocycles. The van der Waals surface area contributed by atoms with E-state index in [1.165, 1.54) is 4.90 Å². The van der Waals surface area contributed by atoms with Crippen LogP contribution in [0.3, 0.4) is 0 Å². The molecule has 13 heavy (non-hydrogen) atoms. The average molecular weight is 195 g/mol. The number of phenols is 1. The molecule has 0 amide bonds. The van der Waals surface area contributed by atoms with Crippen molar-refractivity contribution in [1.29, 1.82) is 0 Å². The Morgan fingerprint density at radius 1 is 1.46 bits per heavy atom. The number of nitrogens with one attached hydrogen (secondary N) is 1. The predicted octanol–water partition coefficient (Wildman–Crippen LogP) is 2.69. The van der Waals surface area contributed by atoms with Crippen LogP contribution in [0.5, 0.6) is 5.75 Å². The van der Waals surface area contributed by atoms with Crippen molar-refractivity contribution in [3.8, 4) is 5.75 Å². The molecular weight excluding hydrogens is 182 g/mol. The SMILES string of the molecule is CC1(C)CSc2ccc(O)cc2N1. The smallest absolute Gasteiger partial charge is 0.117 e. The molecule has 3 heteroatoms. The maximum Gasteiger partial charge on any atom is 0.117 e. The molecular formula is C10H13NOS. The third-order valence-corrected chi connectivity index (χ3v) is 3.56. The summed E-state index contributed by atoms with van der Waals surface area (Å²) in [4.78, 5) is 1.22. The lowest BCUT2D eigenvalue weighted by Gasteiger charge is -2.33. The highest BCUT2D eigenvalue weighted by molar-refractivity contribution is 7.99. The maximum atomic E-state index is 9.31. The van der Waals surface area contributed by atoms with Crippen LogP contribution in [0.1, 0.15) is 13.8 Å². The second-order valence-electron chi connectivity index (χ2n) is 3.98. The second-order valence-corrected chi connectivity index (χ2v) is 5.00. The van der Waals surface area contributed by atoms with Crippen molar-refractivity contribution in [2.24, 2.45) is 0 Å². The molecule has 0 spiro atoms. The Morgan fingerprint density at radius 2 is 2.23 bits per heavy atom. The third-order valence-electron chi connectivity index (χ3n) is 2.02. The van der Waals surface area contributed by atoms with Crippen molar-refractivity contribution in [2.45, 2.75) is 24.3 Å². The van der Waals surface area contributed by atoms with E-state index in [0.717, 1.165) is 11.4 Å². The first-order chi connectivity index (χ1) is 6.07. The topological polar surface area (TPSA) is 32.3 Å². The number of thioether (sulfide) groups is 1. The molecule has 0 aliphatic carbocycles. The van der Waals surface area contributed by atoms with Crippen LogP contribution in [0, 0.1) is 0 Å². The molecule has 0 aromatic heterocycles. The number of anilines is 1. The van der Waals surface area contributed by atoms with Gasteiger partial charge < -0.3 is 10.4 Å². The molecule has 0 saturated carbocycles. The van der Waals surface area contributed by atoms with E-state index in [1.807, 2.05) is 17.8 Å². The lowest BCUT2D eigenvalue weighted by Crippen LogP contribution is -2.36. The lowest BCUT2D eigenvalue weighted by atomic mass is 10.1. The van der Waals surface area contributed by atoms with Gasteiger partial charge in [0.1, 0.15) is 5.75 Å².